The second-order valence-electron chi connectivity index (χ2n) is 7.66. The Balaban J connectivity index is 1.52. The third-order valence-electron chi connectivity index (χ3n) is 5.34. The van der Waals surface area contributed by atoms with Crippen molar-refractivity contribution in [2.75, 3.05) is 5.32 Å². The third kappa shape index (κ3) is 3.59. The third-order valence-corrected chi connectivity index (χ3v) is 5.62. The molecule has 3 N–H and O–H groups in total. The largest absolute Gasteiger partial charge is 0.392 e. The number of H-pyrrole nitrogens is 1. The summed E-state index contributed by atoms with van der Waals surface area (Å²) in [5.74, 6) is 1.07. The van der Waals surface area contributed by atoms with Crippen LogP contribution in [0.3, 0.4) is 0 Å². The van der Waals surface area contributed by atoms with Crippen molar-refractivity contribution in [3.05, 3.63) is 70.5 Å². The number of aryl methyl sites for hydroxylation is 1. The molecule has 1 aliphatic carbocycles. The molecule has 2 aromatic carbocycles. The van der Waals surface area contributed by atoms with E-state index in [2.05, 4.69) is 52.5 Å². The number of benzene rings is 2. The number of hydrogen-bond acceptors (Lipinski definition) is 4. The topological polar surface area (TPSA) is 73.8 Å². The van der Waals surface area contributed by atoms with Crippen LogP contribution in [-0.4, -0.2) is 20.1 Å². The summed E-state index contributed by atoms with van der Waals surface area (Å²) in [5.41, 5.74) is 6.88. The van der Waals surface area contributed by atoms with E-state index in [-0.39, 0.29) is 6.61 Å². The van der Waals surface area contributed by atoms with Gasteiger partial charge in [-0.1, -0.05) is 29.8 Å². The molecule has 4 aromatic rings. The van der Waals surface area contributed by atoms with Crippen molar-refractivity contribution >= 4 is 34.1 Å². The molecule has 2 aromatic heterocycles. The minimum absolute atomic E-state index is 0.0106. The fourth-order valence-electron chi connectivity index (χ4n) is 3.72. The highest BCUT2D eigenvalue weighted by molar-refractivity contribution is 6.33. The van der Waals surface area contributed by atoms with Crippen molar-refractivity contribution in [1.29, 1.82) is 0 Å². The van der Waals surface area contributed by atoms with Gasteiger partial charge in [-0.2, -0.15) is 0 Å². The second kappa shape index (κ2) is 7.17. The molecule has 1 aliphatic rings. The van der Waals surface area contributed by atoms with Gasteiger partial charge in [0.2, 0.25) is 5.95 Å². The van der Waals surface area contributed by atoms with Gasteiger partial charge in [-0.25, -0.2) is 9.97 Å². The lowest BCUT2D eigenvalue weighted by atomic mass is 10.1. The van der Waals surface area contributed by atoms with E-state index in [4.69, 9.17) is 16.6 Å². The van der Waals surface area contributed by atoms with Crippen molar-refractivity contribution in [3.8, 4) is 11.3 Å². The molecule has 146 valence electrons. The summed E-state index contributed by atoms with van der Waals surface area (Å²) in [4.78, 5) is 12.3. The molecule has 1 fully saturated rings. The lowest BCUT2D eigenvalue weighted by Crippen LogP contribution is -2.00. The average molecular weight is 405 g/mol. The summed E-state index contributed by atoms with van der Waals surface area (Å²) in [7, 11) is 0. The minimum Gasteiger partial charge on any atom is -0.392 e. The van der Waals surface area contributed by atoms with Crippen molar-refractivity contribution in [2.45, 2.75) is 32.3 Å². The Morgan fingerprint density at radius 3 is 2.86 bits per heavy atom. The molecule has 0 radical (unpaired) electrons. The molecule has 0 unspecified atom stereocenters. The van der Waals surface area contributed by atoms with Gasteiger partial charge >= 0.3 is 0 Å². The molecule has 5 nitrogen and oxygen atoms in total. The number of aliphatic hydroxyl groups is 1. The first-order valence-corrected chi connectivity index (χ1v) is 10.1. The molecule has 29 heavy (non-hydrogen) atoms. The highest BCUT2D eigenvalue weighted by Gasteiger charge is 2.24. The molecular formula is C23H21ClN4O. The smallest absolute Gasteiger partial charge is 0.227 e. The lowest BCUT2D eigenvalue weighted by Gasteiger charge is -2.11. The fraction of sp³-hybridized carbons (Fsp3) is 0.217. The van der Waals surface area contributed by atoms with E-state index >= 15 is 0 Å². The van der Waals surface area contributed by atoms with E-state index in [1.807, 2.05) is 12.3 Å². The summed E-state index contributed by atoms with van der Waals surface area (Å²) in [5, 5.41) is 14.5. The van der Waals surface area contributed by atoms with E-state index in [0.717, 1.165) is 27.7 Å². The zero-order chi connectivity index (χ0) is 20.0. The van der Waals surface area contributed by atoms with Crippen LogP contribution < -0.4 is 5.32 Å². The zero-order valence-electron chi connectivity index (χ0n) is 16.0. The molecule has 2 heterocycles. The minimum atomic E-state index is 0.0106. The Labute approximate surface area is 173 Å². The van der Waals surface area contributed by atoms with Crippen LogP contribution in [0, 0.1) is 6.92 Å². The Bertz CT molecular complexity index is 1210. The van der Waals surface area contributed by atoms with Crippen LogP contribution in [0.1, 0.15) is 35.4 Å². The first-order chi connectivity index (χ1) is 14.1. The number of fused-ring (bicyclic) bond motifs is 1. The molecule has 6 heteroatoms. The maximum absolute atomic E-state index is 9.60. The Morgan fingerprint density at radius 1 is 1.21 bits per heavy atom. The van der Waals surface area contributed by atoms with Crippen molar-refractivity contribution < 1.29 is 5.11 Å². The monoisotopic (exact) mass is 404 g/mol. The quantitative estimate of drug-likeness (QED) is 0.399. The van der Waals surface area contributed by atoms with Crippen molar-refractivity contribution in [3.63, 3.8) is 0 Å². The number of rotatable bonds is 5. The SMILES string of the molecule is Cc1ccc2c(-c3nc(Nc4cc(CO)cc(C5CC5)c4)ncc3Cl)c[nH]c2c1. The Morgan fingerprint density at radius 2 is 2.07 bits per heavy atom. The number of nitrogens with zero attached hydrogens (tertiary/aromatic N) is 2. The number of aromatic nitrogens is 3. The van der Waals surface area contributed by atoms with Crippen LogP contribution in [0.25, 0.3) is 22.2 Å². The molecule has 0 atom stereocenters. The normalized spacial score (nSPS) is 13.8. The number of nitrogens with one attached hydrogen (secondary N) is 2. The van der Waals surface area contributed by atoms with Gasteiger partial charge in [0.1, 0.15) is 0 Å². The zero-order valence-corrected chi connectivity index (χ0v) is 16.8. The first kappa shape index (κ1) is 18.2. The summed E-state index contributed by atoms with van der Waals surface area (Å²) in [6.45, 7) is 2.08. The predicted molar refractivity (Wildman–Crippen MR) is 117 cm³/mol. The fourth-order valence-corrected chi connectivity index (χ4v) is 3.91. The first-order valence-electron chi connectivity index (χ1n) is 9.73. The summed E-state index contributed by atoms with van der Waals surface area (Å²) < 4.78 is 0. The van der Waals surface area contributed by atoms with Crippen LogP contribution in [0.5, 0.6) is 0 Å². The number of anilines is 2. The average Bonchev–Trinajstić information content (AvgIpc) is 3.49. The van der Waals surface area contributed by atoms with E-state index < -0.39 is 0 Å². The molecule has 1 saturated carbocycles. The molecular weight excluding hydrogens is 384 g/mol. The van der Waals surface area contributed by atoms with Crippen LogP contribution in [-0.2, 0) is 6.61 Å². The van der Waals surface area contributed by atoms with Gasteiger partial charge < -0.3 is 15.4 Å². The van der Waals surface area contributed by atoms with Crippen LogP contribution in [0.15, 0.2) is 48.8 Å². The summed E-state index contributed by atoms with van der Waals surface area (Å²) >= 11 is 6.45. The van der Waals surface area contributed by atoms with E-state index in [1.165, 1.54) is 24.0 Å². The van der Waals surface area contributed by atoms with Gasteiger partial charge in [-0.05, 0) is 60.6 Å². The highest BCUT2D eigenvalue weighted by atomic mass is 35.5. The number of hydrogen-bond donors (Lipinski definition) is 3. The van der Waals surface area contributed by atoms with Gasteiger partial charge in [-0.15, -0.1) is 0 Å². The molecule has 0 bridgehead atoms. The maximum Gasteiger partial charge on any atom is 0.227 e. The van der Waals surface area contributed by atoms with Gasteiger partial charge in [0.15, 0.2) is 0 Å². The van der Waals surface area contributed by atoms with Crippen LogP contribution in [0.2, 0.25) is 5.02 Å². The predicted octanol–water partition coefficient (Wildman–Crippen LogP) is 5.70. The Hall–Kier alpha value is -2.89. The summed E-state index contributed by atoms with van der Waals surface area (Å²) in [6.07, 6.45) is 5.96. The second-order valence-corrected chi connectivity index (χ2v) is 8.07. The van der Waals surface area contributed by atoms with E-state index in [9.17, 15) is 5.11 Å². The molecule has 0 saturated heterocycles. The van der Waals surface area contributed by atoms with Crippen molar-refractivity contribution in [1.82, 2.24) is 15.0 Å². The molecule has 0 spiro atoms. The van der Waals surface area contributed by atoms with Gasteiger partial charge in [0.05, 0.1) is 23.5 Å². The maximum atomic E-state index is 9.60. The number of aliphatic hydroxyl groups excluding tert-OH is 1. The van der Waals surface area contributed by atoms with Crippen molar-refractivity contribution in [2.24, 2.45) is 0 Å². The Kier molecular flexibility index (Phi) is 4.49. The van der Waals surface area contributed by atoms with Gasteiger partial charge in [0, 0.05) is 28.4 Å². The lowest BCUT2D eigenvalue weighted by molar-refractivity contribution is 0.282. The van der Waals surface area contributed by atoms with Gasteiger partial charge in [0.25, 0.3) is 0 Å². The molecule has 5 rings (SSSR count). The standard InChI is InChI=1S/C23H21ClN4O/c1-13-2-5-18-19(10-25-21(18)6-13)22-20(24)11-26-23(28-22)27-17-8-14(12-29)7-16(9-17)15-3-4-15/h2,5-11,15,25,29H,3-4,12H2,1H3,(H,26,27,28). The van der Waals surface area contributed by atoms with Crippen LogP contribution in [0.4, 0.5) is 11.6 Å². The number of halogens is 1. The molecule has 0 aliphatic heterocycles. The summed E-state index contributed by atoms with van der Waals surface area (Å²) in [6, 6.07) is 12.4. The molecule has 0 amide bonds. The highest BCUT2D eigenvalue weighted by Crippen LogP contribution is 2.41. The van der Waals surface area contributed by atoms with E-state index in [0.29, 0.717) is 22.6 Å². The van der Waals surface area contributed by atoms with Gasteiger partial charge in [-0.3, -0.25) is 0 Å². The number of aromatic amines is 1. The van der Waals surface area contributed by atoms with Crippen LogP contribution >= 0.6 is 11.6 Å². The van der Waals surface area contributed by atoms with E-state index in [1.54, 1.807) is 6.20 Å².